The van der Waals surface area contributed by atoms with Crippen molar-refractivity contribution in [2.45, 2.75) is 5.03 Å². The molecule has 0 bridgehead atoms. The van der Waals surface area contributed by atoms with E-state index in [4.69, 9.17) is 4.74 Å². The van der Waals surface area contributed by atoms with Crippen molar-refractivity contribution in [1.29, 1.82) is 0 Å². The van der Waals surface area contributed by atoms with Crippen molar-refractivity contribution >= 4 is 45.3 Å². The van der Waals surface area contributed by atoms with Crippen LogP contribution in [0.1, 0.15) is 0 Å². The minimum absolute atomic E-state index is 0.169. The molecule has 0 saturated carbocycles. The molecular weight excluding hydrogens is 367 g/mol. The highest BCUT2D eigenvalue weighted by Crippen LogP contribution is 2.31. The van der Waals surface area contributed by atoms with E-state index in [1.165, 1.54) is 42.4 Å². The van der Waals surface area contributed by atoms with Crippen LogP contribution >= 0.6 is 11.8 Å². The average molecular weight is 382 g/mol. The largest absolute Gasteiger partial charge is 0.497 e. The van der Waals surface area contributed by atoms with E-state index in [2.05, 4.69) is 20.3 Å². The van der Waals surface area contributed by atoms with Gasteiger partial charge in [-0.1, -0.05) is 11.8 Å². The van der Waals surface area contributed by atoms with Crippen molar-refractivity contribution in [3.05, 3.63) is 54.6 Å². The third-order valence-electron chi connectivity index (χ3n) is 4.02. The molecule has 2 heterocycles. The Balaban J connectivity index is 1.55. The first-order valence-electron chi connectivity index (χ1n) is 8.12. The molecule has 136 valence electrons. The molecule has 0 unspecified atom stereocenters. The molecule has 0 aliphatic carbocycles. The number of thioether (sulfide) groups is 1. The van der Waals surface area contributed by atoms with Crippen LogP contribution < -0.4 is 10.1 Å². The highest BCUT2D eigenvalue weighted by Gasteiger charge is 2.13. The van der Waals surface area contributed by atoms with E-state index in [1.807, 2.05) is 18.2 Å². The van der Waals surface area contributed by atoms with E-state index in [0.717, 1.165) is 27.7 Å². The number of halogens is 1. The molecule has 2 N–H and O–H groups in total. The summed E-state index contributed by atoms with van der Waals surface area (Å²) >= 11 is 1.31. The van der Waals surface area contributed by atoms with Gasteiger partial charge < -0.3 is 15.0 Å². The van der Waals surface area contributed by atoms with Crippen molar-refractivity contribution in [2.75, 3.05) is 18.2 Å². The average Bonchev–Trinajstić information content (AvgIpc) is 3.06. The molecule has 8 heteroatoms. The number of amides is 1. The zero-order valence-corrected chi connectivity index (χ0v) is 15.1. The predicted octanol–water partition coefficient (Wildman–Crippen LogP) is 3.99. The molecular formula is C19H15FN4O2S. The third-order valence-corrected chi connectivity index (χ3v) is 5.01. The van der Waals surface area contributed by atoms with E-state index < -0.39 is 0 Å². The summed E-state index contributed by atoms with van der Waals surface area (Å²) in [5.74, 6) is 0.370. The summed E-state index contributed by atoms with van der Waals surface area (Å²) in [7, 11) is 1.62. The molecule has 0 aliphatic heterocycles. The highest BCUT2D eigenvalue weighted by molar-refractivity contribution is 8.00. The second-order valence-electron chi connectivity index (χ2n) is 5.78. The molecule has 2 aromatic carbocycles. The summed E-state index contributed by atoms with van der Waals surface area (Å²) in [6.45, 7) is 0. The number of H-pyrrole nitrogens is 1. The van der Waals surface area contributed by atoms with E-state index in [9.17, 15) is 9.18 Å². The molecule has 0 fully saturated rings. The van der Waals surface area contributed by atoms with Gasteiger partial charge in [0.05, 0.1) is 18.4 Å². The Morgan fingerprint density at radius 3 is 2.81 bits per heavy atom. The molecule has 2 aromatic heterocycles. The summed E-state index contributed by atoms with van der Waals surface area (Å²) in [4.78, 5) is 24.1. The smallest absolute Gasteiger partial charge is 0.234 e. The number of hydrogen-bond donors (Lipinski definition) is 2. The van der Waals surface area contributed by atoms with Gasteiger partial charge in [-0.2, -0.15) is 0 Å². The predicted molar refractivity (Wildman–Crippen MR) is 104 cm³/mol. The fourth-order valence-corrected chi connectivity index (χ4v) is 3.50. The maximum Gasteiger partial charge on any atom is 0.234 e. The first-order valence-corrected chi connectivity index (χ1v) is 9.11. The number of rotatable bonds is 5. The zero-order chi connectivity index (χ0) is 18.8. The Labute approximate surface area is 158 Å². The Morgan fingerprint density at radius 1 is 1.22 bits per heavy atom. The van der Waals surface area contributed by atoms with E-state index in [0.29, 0.717) is 10.7 Å². The quantitative estimate of drug-likeness (QED) is 0.403. The first-order chi connectivity index (χ1) is 13.1. The summed E-state index contributed by atoms with van der Waals surface area (Å²) in [5.41, 5.74) is 3.03. The number of carbonyl (C=O) groups is 1. The molecule has 0 saturated heterocycles. The van der Waals surface area contributed by atoms with Gasteiger partial charge in [0.2, 0.25) is 5.91 Å². The van der Waals surface area contributed by atoms with Crippen LogP contribution in [0, 0.1) is 5.82 Å². The molecule has 0 atom stereocenters. The molecule has 0 radical (unpaired) electrons. The van der Waals surface area contributed by atoms with Gasteiger partial charge in [-0.3, -0.25) is 4.79 Å². The fourth-order valence-electron chi connectivity index (χ4n) is 2.75. The summed E-state index contributed by atoms with van der Waals surface area (Å²) in [6.07, 6.45) is 1.48. The number of aromatic amines is 1. The van der Waals surface area contributed by atoms with Crippen molar-refractivity contribution in [2.24, 2.45) is 0 Å². The van der Waals surface area contributed by atoms with Gasteiger partial charge in [0.15, 0.2) is 0 Å². The Kier molecular flexibility index (Phi) is 4.64. The van der Waals surface area contributed by atoms with Crippen LogP contribution in [-0.2, 0) is 4.79 Å². The van der Waals surface area contributed by atoms with Crippen LogP contribution in [0.3, 0.4) is 0 Å². The van der Waals surface area contributed by atoms with Crippen LogP contribution in [0.2, 0.25) is 0 Å². The van der Waals surface area contributed by atoms with Crippen LogP contribution in [0.5, 0.6) is 5.75 Å². The second kappa shape index (κ2) is 7.24. The van der Waals surface area contributed by atoms with Crippen LogP contribution in [-0.4, -0.2) is 33.7 Å². The Hall–Kier alpha value is -3.13. The van der Waals surface area contributed by atoms with Crippen molar-refractivity contribution in [3.63, 3.8) is 0 Å². The SMILES string of the molecule is COc1ccc2[nH]c3c(SCC(=O)Nc4ccc(F)cc4)ncnc3c2c1. The third kappa shape index (κ3) is 3.56. The maximum atomic E-state index is 12.9. The number of carbonyl (C=O) groups excluding carboxylic acids is 1. The second-order valence-corrected chi connectivity index (χ2v) is 6.75. The Bertz CT molecular complexity index is 1130. The first kappa shape index (κ1) is 17.3. The topological polar surface area (TPSA) is 79.9 Å². The number of ether oxygens (including phenoxy) is 1. The number of methoxy groups -OCH3 is 1. The molecule has 1 amide bonds. The van der Waals surface area contributed by atoms with Crippen molar-refractivity contribution < 1.29 is 13.9 Å². The molecule has 0 spiro atoms. The van der Waals surface area contributed by atoms with Crippen molar-refractivity contribution in [3.8, 4) is 5.75 Å². The van der Waals surface area contributed by atoms with Gasteiger partial charge in [-0.05, 0) is 42.5 Å². The summed E-state index contributed by atoms with van der Waals surface area (Å²) in [6, 6.07) is 11.3. The van der Waals surface area contributed by atoms with Gasteiger partial charge in [0.25, 0.3) is 0 Å². The summed E-state index contributed by atoms with van der Waals surface area (Å²) in [5, 5.41) is 4.35. The molecule has 0 aliphatic rings. The molecule has 4 rings (SSSR count). The van der Waals surface area contributed by atoms with Gasteiger partial charge in [-0.25, -0.2) is 14.4 Å². The van der Waals surface area contributed by atoms with Gasteiger partial charge >= 0.3 is 0 Å². The monoisotopic (exact) mass is 382 g/mol. The van der Waals surface area contributed by atoms with Crippen LogP contribution in [0.25, 0.3) is 21.9 Å². The number of hydrogen-bond acceptors (Lipinski definition) is 5. The fraction of sp³-hybridized carbons (Fsp3) is 0.105. The number of nitrogens with one attached hydrogen (secondary N) is 2. The lowest BCUT2D eigenvalue weighted by Gasteiger charge is -2.05. The standard InChI is InChI=1S/C19H15FN4O2S/c1-26-13-6-7-15-14(8-13)17-18(24-15)19(22-10-21-17)27-9-16(25)23-12-4-2-11(20)3-5-12/h2-8,10,24H,9H2,1H3,(H,23,25). The number of fused-ring (bicyclic) bond motifs is 3. The van der Waals surface area contributed by atoms with Crippen molar-refractivity contribution in [1.82, 2.24) is 15.0 Å². The minimum Gasteiger partial charge on any atom is -0.497 e. The number of benzene rings is 2. The minimum atomic E-state index is -0.346. The van der Waals surface area contributed by atoms with E-state index in [-0.39, 0.29) is 17.5 Å². The van der Waals surface area contributed by atoms with Crippen LogP contribution in [0.4, 0.5) is 10.1 Å². The lowest BCUT2D eigenvalue weighted by atomic mass is 10.2. The van der Waals surface area contributed by atoms with Gasteiger partial charge in [0.1, 0.15) is 28.4 Å². The lowest BCUT2D eigenvalue weighted by Crippen LogP contribution is -2.14. The van der Waals surface area contributed by atoms with E-state index >= 15 is 0 Å². The number of aromatic nitrogens is 3. The van der Waals surface area contributed by atoms with E-state index in [1.54, 1.807) is 7.11 Å². The number of nitrogens with zero attached hydrogens (tertiary/aromatic N) is 2. The lowest BCUT2D eigenvalue weighted by molar-refractivity contribution is -0.113. The van der Waals surface area contributed by atoms with Gasteiger partial charge in [0, 0.05) is 16.6 Å². The zero-order valence-electron chi connectivity index (χ0n) is 14.3. The molecule has 6 nitrogen and oxygen atoms in total. The Morgan fingerprint density at radius 2 is 2.04 bits per heavy atom. The van der Waals surface area contributed by atoms with Gasteiger partial charge in [-0.15, -0.1) is 0 Å². The number of anilines is 1. The summed E-state index contributed by atoms with van der Waals surface area (Å²) < 4.78 is 18.2. The normalized spacial score (nSPS) is 11.0. The van der Waals surface area contributed by atoms with Crippen LogP contribution in [0.15, 0.2) is 53.8 Å². The molecule has 4 aromatic rings. The maximum absolute atomic E-state index is 12.9. The highest BCUT2D eigenvalue weighted by atomic mass is 32.2. The molecule has 27 heavy (non-hydrogen) atoms.